The van der Waals surface area contributed by atoms with Gasteiger partial charge in [-0.2, -0.15) is 0 Å². The summed E-state index contributed by atoms with van der Waals surface area (Å²) in [6.45, 7) is 7.86. The SMILES string of the molecule is C=C1C(C)N(C)C2(C(C)=O)CC12. The lowest BCUT2D eigenvalue weighted by Gasteiger charge is -2.25. The molecule has 1 aliphatic heterocycles. The van der Waals surface area contributed by atoms with E-state index in [-0.39, 0.29) is 5.54 Å². The van der Waals surface area contributed by atoms with E-state index in [9.17, 15) is 4.79 Å². The molecule has 0 radical (unpaired) electrons. The first-order valence-corrected chi connectivity index (χ1v) is 4.44. The normalized spacial score (nSPS) is 46.1. The number of ketones is 1. The van der Waals surface area contributed by atoms with Crippen molar-refractivity contribution in [2.24, 2.45) is 5.92 Å². The van der Waals surface area contributed by atoms with Crippen LogP contribution in [0.3, 0.4) is 0 Å². The summed E-state index contributed by atoms with van der Waals surface area (Å²) in [5, 5.41) is 0. The van der Waals surface area contributed by atoms with Crippen molar-refractivity contribution in [2.75, 3.05) is 7.05 Å². The van der Waals surface area contributed by atoms with Crippen molar-refractivity contribution in [2.45, 2.75) is 31.8 Å². The van der Waals surface area contributed by atoms with Crippen molar-refractivity contribution in [3.8, 4) is 0 Å². The highest BCUT2D eigenvalue weighted by Gasteiger charge is 2.67. The van der Waals surface area contributed by atoms with E-state index < -0.39 is 0 Å². The number of piperidine rings is 1. The van der Waals surface area contributed by atoms with Gasteiger partial charge in [-0.15, -0.1) is 0 Å². The van der Waals surface area contributed by atoms with E-state index >= 15 is 0 Å². The van der Waals surface area contributed by atoms with Crippen LogP contribution >= 0.6 is 0 Å². The molecule has 1 saturated carbocycles. The highest BCUT2D eigenvalue weighted by atomic mass is 16.1. The van der Waals surface area contributed by atoms with Gasteiger partial charge in [0.05, 0.1) is 5.54 Å². The molecule has 2 aliphatic rings. The van der Waals surface area contributed by atoms with Crippen LogP contribution in [0.1, 0.15) is 20.3 Å². The van der Waals surface area contributed by atoms with Crippen LogP contribution in [0.25, 0.3) is 0 Å². The molecule has 0 amide bonds. The molecule has 2 rings (SSSR count). The number of carbonyl (C=O) groups excluding carboxylic acids is 1. The fraction of sp³-hybridized carbons (Fsp3) is 0.700. The standard InChI is InChI=1S/C10H15NO/c1-6-7(2)11(4)10(8(3)12)5-9(6)10/h7,9H,1,5H2,2-4H3. The lowest BCUT2D eigenvalue weighted by molar-refractivity contribution is -0.123. The number of hydrogen-bond donors (Lipinski definition) is 0. The van der Waals surface area contributed by atoms with Crippen molar-refractivity contribution in [3.05, 3.63) is 12.2 Å². The first-order chi connectivity index (χ1) is 5.51. The average molecular weight is 165 g/mol. The number of hydrogen-bond acceptors (Lipinski definition) is 2. The van der Waals surface area contributed by atoms with Gasteiger partial charge in [0, 0.05) is 12.0 Å². The molecule has 0 aromatic rings. The Bertz CT molecular complexity index is 271. The van der Waals surface area contributed by atoms with Crippen LogP contribution in [0.15, 0.2) is 12.2 Å². The third kappa shape index (κ3) is 0.626. The van der Waals surface area contributed by atoms with Crippen LogP contribution in [-0.4, -0.2) is 29.3 Å². The smallest absolute Gasteiger partial charge is 0.150 e. The van der Waals surface area contributed by atoms with Crippen molar-refractivity contribution in [1.82, 2.24) is 4.90 Å². The predicted molar refractivity (Wildman–Crippen MR) is 47.9 cm³/mol. The first-order valence-electron chi connectivity index (χ1n) is 4.44. The summed E-state index contributed by atoms with van der Waals surface area (Å²) in [7, 11) is 2.03. The molecule has 2 heteroatoms. The van der Waals surface area contributed by atoms with Crippen LogP contribution < -0.4 is 0 Å². The topological polar surface area (TPSA) is 20.3 Å². The van der Waals surface area contributed by atoms with Gasteiger partial charge < -0.3 is 0 Å². The summed E-state index contributed by atoms with van der Waals surface area (Å²) < 4.78 is 0. The molecule has 1 saturated heterocycles. The van der Waals surface area contributed by atoms with Crippen molar-refractivity contribution in [3.63, 3.8) is 0 Å². The Morgan fingerprint density at radius 1 is 1.75 bits per heavy atom. The fourth-order valence-corrected chi connectivity index (χ4v) is 2.60. The van der Waals surface area contributed by atoms with Gasteiger partial charge in [0.25, 0.3) is 0 Å². The van der Waals surface area contributed by atoms with Gasteiger partial charge in [0.2, 0.25) is 0 Å². The van der Waals surface area contributed by atoms with E-state index in [2.05, 4.69) is 18.4 Å². The second kappa shape index (κ2) is 1.99. The van der Waals surface area contributed by atoms with E-state index in [1.54, 1.807) is 6.92 Å². The van der Waals surface area contributed by atoms with Crippen LogP contribution in [0, 0.1) is 5.92 Å². The molecule has 0 spiro atoms. The summed E-state index contributed by atoms with van der Waals surface area (Å²) in [6.07, 6.45) is 1.00. The molecule has 66 valence electrons. The van der Waals surface area contributed by atoms with Gasteiger partial charge in [-0.05, 0) is 27.3 Å². The third-order valence-electron chi connectivity index (χ3n) is 3.74. The van der Waals surface area contributed by atoms with Gasteiger partial charge in [0.15, 0.2) is 5.78 Å². The highest BCUT2D eigenvalue weighted by Crippen LogP contribution is 2.59. The zero-order valence-electron chi connectivity index (χ0n) is 7.92. The van der Waals surface area contributed by atoms with Gasteiger partial charge in [-0.1, -0.05) is 12.2 Å². The molecule has 12 heavy (non-hydrogen) atoms. The minimum absolute atomic E-state index is 0.142. The van der Waals surface area contributed by atoms with E-state index in [1.165, 1.54) is 5.57 Å². The van der Waals surface area contributed by atoms with Gasteiger partial charge in [-0.25, -0.2) is 0 Å². The number of fused-ring (bicyclic) bond motifs is 1. The van der Waals surface area contributed by atoms with Crippen LogP contribution in [0.2, 0.25) is 0 Å². The average Bonchev–Trinajstić information content (AvgIpc) is 2.71. The maximum absolute atomic E-state index is 11.4. The predicted octanol–water partition coefficient (Wildman–Crippen LogP) is 1.22. The Balaban J connectivity index is 2.36. The quantitative estimate of drug-likeness (QED) is 0.544. The Hall–Kier alpha value is -0.630. The number of likely N-dealkylation sites (tertiary alicyclic amines) is 1. The number of likely N-dealkylation sites (N-methyl/N-ethyl adjacent to an activating group) is 1. The van der Waals surface area contributed by atoms with E-state index in [1.807, 2.05) is 7.05 Å². The second-order valence-corrected chi connectivity index (χ2v) is 4.10. The maximum atomic E-state index is 11.4. The van der Waals surface area contributed by atoms with Gasteiger partial charge >= 0.3 is 0 Å². The zero-order valence-corrected chi connectivity index (χ0v) is 7.92. The number of rotatable bonds is 1. The van der Waals surface area contributed by atoms with E-state index in [0.29, 0.717) is 17.7 Å². The van der Waals surface area contributed by atoms with Crippen LogP contribution in [-0.2, 0) is 4.79 Å². The van der Waals surface area contributed by atoms with Gasteiger partial charge in [0.1, 0.15) is 0 Å². The molecule has 0 aromatic carbocycles. The molecule has 0 aromatic heterocycles. The van der Waals surface area contributed by atoms with Crippen LogP contribution in [0.4, 0.5) is 0 Å². The summed E-state index contributed by atoms with van der Waals surface area (Å²) >= 11 is 0. The number of nitrogens with zero attached hydrogens (tertiary/aromatic N) is 1. The molecule has 0 N–H and O–H groups in total. The Kier molecular flexibility index (Phi) is 1.33. The fourth-order valence-electron chi connectivity index (χ4n) is 2.60. The molecule has 2 fully saturated rings. The monoisotopic (exact) mass is 165 g/mol. The molecular weight excluding hydrogens is 150 g/mol. The minimum Gasteiger partial charge on any atom is -0.298 e. The van der Waals surface area contributed by atoms with Crippen molar-refractivity contribution >= 4 is 5.78 Å². The Labute approximate surface area is 73.2 Å². The molecule has 3 atom stereocenters. The van der Waals surface area contributed by atoms with E-state index in [4.69, 9.17) is 0 Å². The molecule has 3 unspecified atom stereocenters. The van der Waals surface area contributed by atoms with Crippen molar-refractivity contribution in [1.29, 1.82) is 0 Å². The molecular formula is C10H15NO. The number of carbonyl (C=O) groups is 1. The first kappa shape index (κ1) is 7.99. The van der Waals surface area contributed by atoms with Gasteiger partial charge in [-0.3, -0.25) is 9.69 Å². The molecule has 1 heterocycles. The summed E-state index contributed by atoms with van der Waals surface area (Å²) in [5.74, 6) is 0.760. The molecule has 1 aliphatic carbocycles. The summed E-state index contributed by atoms with van der Waals surface area (Å²) in [6, 6.07) is 0.382. The van der Waals surface area contributed by atoms with Crippen molar-refractivity contribution < 1.29 is 4.79 Å². The Morgan fingerprint density at radius 3 is 2.58 bits per heavy atom. The lowest BCUT2D eigenvalue weighted by Crippen LogP contribution is -2.41. The lowest BCUT2D eigenvalue weighted by atomic mass is 10.1. The summed E-state index contributed by atoms with van der Waals surface area (Å²) in [4.78, 5) is 13.6. The largest absolute Gasteiger partial charge is 0.298 e. The number of Topliss-reactive ketones (excluding diaryl/α,β-unsaturated/α-hetero) is 1. The van der Waals surface area contributed by atoms with E-state index in [0.717, 1.165) is 6.42 Å². The third-order valence-corrected chi connectivity index (χ3v) is 3.74. The highest BCUT2D eigenvalue weighted by molar-refractivity contribution is 5.92. The molecule has 2 nitrogen and oxygen atoms in total. The zero-order chi connectivity index (χ0) is 9.09. The second-order valence-electron chi connectivity index (χ2n) is 4.10. The minimum atomic E-state index is -0.142. The summed E-state index contributed by atoms with van der Waals surface area (Å²) in [5.41, 5.74) is 1.10. The molecule has 0 bridgehead atoms. The van der Waals surface area contributed by atoms with Crippen LogP contribution in [0.5, 0.6) is 0 Å². The maximum Gasteiger partial charge on any atom is 0.150 e. The Morgan fingerprint density at radius 2 is 2.33 bits per heavy atom.